The number of benzene rings is 1. The summed E-state index contributed by atoms with van der Waals surface area (Å²) in [7, 11) is -0.505. The molecule has 10 nitrogen and oxygen atoms in total. The summed E-state index contributed by atoms with van der Waals surface area (Å²) in [6, 6.07) is 8.91. The Morgan fingerprint density at radius 2 is 1.78 bits per heavy atom. The zero-order valence-corrected chi connectivity index (χ0v) is 22.1. The number of carbonyl (C=O) groups is 2. The summed E-state index contributed by atoms with van der Waals surface area (Å²) in [6.45, 7) is 5.45. The Morgan fingerprint density at radius 3 is 2.27 bits per heavy atom. The Morgan fingerprint density at radius 1 is 1.22 bits per heavy atom. The van der Waals surface area contributed by atoms with Gasteiger partial charge >= 0.3 is 6.03 Å². The van der Waals surface area contributed by atoms with Crippen LogP contribution in [0.5, 0.6) is 0 Å². The van der Waals surface area contributed by atoms with Gasteiger partial charge in [0, 0.05) is 45.0 Å². The van der Waals surface area contributed by atoms with Crippen LogP contribution in [-0.2, 0) is 10.1 Å². The molecule has 2 unspecified atom stereocenters. The molecule has 2 N–H and O–H groups in total. The maximum Gasteiger partial charge on any atom is 0.319 e. The van der Waals surface area contributed by atoms with Gasteiger partial charge in [-0.15, -0.1) is 0 Å². The highest BCUT2D eigenvalue weighted by Gasteiger charge is 2.47. The molecule has 1 aromatic carbocycles. The molecule has 37 heavy (non-hydrogen) atoms. The average Bonchev–Trinajstić information content (AvgIpc) is 3.48. The number of nitrogens with zero attached hydrogens (tertiary/aromatic N) is 4. The maximum absolute atomic E-state index is 13.3. The van der Waals surface area contributed by atoms with Crippen molar-refractivity contribution in [2.24, 2.45) is 11.8 Å². The number of rotatable bonds is 4. The average molecular weight is 534 g/mol. The van der Waals surface area contributed by atoms with Gasteiger partial charge in [-0.3, -0.25) is 13.9 Å². The molecule has 12 heteroatoms. The summed E-state index contributed by atoms with van der Waals surface area (Å²) in [5.74, 6) is -0.106. The third-order valence-electron chi connectivity index (χ3n) is 6.81. The van der Waals surface area contributed by atoms with Crippen LogP contribution in [0.1, 0.15) is 35.8 Å². The Bertz CT molecular complexity index is 1290. The van der Waals surface area contributed by atoms with Crippen LogP contribution in [0.3, 0.4) is 0 Å². The number of nitrogens with one attached hydrogen (secondary N) is 1. The van der Waals surface area contributed by atoms with E-state index in [2.05, 4.69) is 12.2 Å². The second-order valence-electron chi connectivity index (χ2n) is 10.1. The monoisotopic (exact) mass is 533 g/mol. The van der Waals surface area contributed by atoms with Crippen molar-refractivity contribution in [3.63, 3.8) is 0 Å². The molecule has 1 saturated heterocycles. The fourth-order valence-corrected chi connectivity index (χ4v) is 5.51. The maximum atomic E-state index is 13.3. The van der Waals surface area contributed by atoms with E-state index in [9.17, 15) is 22.4 Å². The predicted molar refractivity (Wildman–Crippen MR) is 134 cm³/mol. The number of aromatic nitrogens is 1. The van der Waals surface area contributed by atoms with Crippen LogP contribution >= 0.6 is 0 Å². The number of hydrogen-bond donors (Lipinski definition) is 2. The number of urea groups is 1. The van der Waals surface area contributed by atoms with Gasteiger partial charge in [-0.05, 0) is 50.7 Å². The van der Waals surface area contributed by atoms with E-state index in [0.29, 0.717) is 11.8 Å². The van der Waals surface area contributed by atoms with E-state index in [-0.39, 0.29) is 34.6 Å². The first-order chi connectivity index (χ1) is 17.2. The van der Waals surface area contributed by atoms with Crippen molar-refractivity contribution in [3.05, 3.63) is 53.6 Å². The molecule has 2 fully saturated rings. The van der Waals surface area contributed by atoms with Gasteiger partial charge in [0.05, 0.1) is 11.4 Å². The lowest BCUT2D eigenvalue weighted by molar-refractivity contribution is 0.0896. The van der Waals surface area contributed by atoms with E-state index < -0.39 is 15.9 Å². The van der Waals surface area contributed by atoms with Crippen LogP contribution in [-0.4, -0.2) is 78.5 Å². The molecule has 1 aliphatic heterocycles. The lowest BCUT2D eigenvalue weighted by atomic mass is 9.98. The van der Waals surface area contributed by atoms with Gasteiger partial charge in [-0.2, -0.15) is 13.7 Å². The molecule has 0 bridgehead atoms. The minimum atomic E-state index is -4.02. The first-order valence-corrected chi connectivity index (χ1v) is 13.2. The number of fused-ring (bicyclic) bond motifs is 1. The van der Waals surface area contributed by atoms with Crippen LogP contribution in [0.15, 0.2) is 41.4 Å². The highest BCUT2D eigenvalue weighted by Crippen LogP contribution is 2.43. The molecule has 200 valence electrons. The first kappa shape index (κ1) is 28.3. The van der Waals surface area contributed by atoms with Crippen LogP contribution < -0.4 is 5.32 Å². The third-order valence-corrected chi connectivity index (χ3v) is 7.68. The first-order valence-electron chi connectivity index (χ1n) is 11.8. The van der Waals surface area contributed by atoms with Crippen molar-refractivity contribution >= 4 is 22.1 Å². The number of halogens is 1. The van der Waals surface area contributed by atoms with E-state index in [4.69, 9.17) is 9.81 Å². The standard InChI is InChI=1S/C18H24FN5O2.C7H8O3S/c1-18(21-8-16(25)24-11-14(19)4-15(24)7-20)5-12-9-23(10-13(12)6-18)17(26)22(2)3;1-6-2-4-7(5-3-6)11(8,9)10/h4,11-13,21H,5-6,8-10H2,1-3H3;2-5H,1H3,(H,8,9,10). The Balaban J connectivity index is 0.000000289. The van der Waals surface area contributed by atoms with Crippen molar-refractivity contribution in [1.82, 2.24) is 19.7 Å². The number of aryl methyl sites for hydroxylation is 1. The van der Waals surface area contributed by atoms with Gasteiger partial charge in [0.1, 0.15) is 17.6 Å². The zero-order chi connectivity index (χ0) is 27.5. The Labute approximate surface area is 216 Å². The molecule has 1 aliphatic carbocycles. The van der Waals surface area contributed by atoms with Crippen molar-refractivity contribution in [1.29, 1.82) is 5.26 Å². The molecule has 0 radical (unpaired) electrons. The number of amides is 2. The molecular weight excluding hydrogens is 501 g/mol. The van der Waals surface area contributed by atoms with E-state index in [0.717, 1.165) is 48.3 Å². The van der Waals surface area contributed by atoms with Crippen molar-refractivity contribution in [2.75, 3.05) is 33.7 Å². The summed E-state index contributed by atoms with van der Waals surface area (Å²) in [6.07, 6.45) is 2.81. The second-order valence-corrected chi connectivity index (χ2v) is 11.6. The fraction of sp³-hybridized carbons (Fsp3) is 0.480. The number of nitriles is 1. The Hall–Kier alpha value is -3.27. The SMILES string of the molecule is CN(C)C(=O)N1CC2CC(C)(NCC(=O)n3cc(F)cc3C#N)CC2C1.Cc1ccc(S(=O)(=O)O)cc1. The molecule has 4 rings (SSSR count). The van der Waals surface area contributed by atoms with Gasteiger partial charge in [0.25, 0.3) is 10.1 Å². The summed E-state index contributed by atoms with van der Waals surface area (Å²) >= 11 is 0. The van der Waals surface area contributed by atoms with Gasteiger partial charge in [-0.1, -0.05) is 17.7 Å². The topological polar surface area (TPSA) is 136 Å². The van der Waals surface area contributed by atoms with Crippen molar-refractivity contribution < 1.29 is 27.0 Å². The zero-order valence-electron chi connectivity index (χ0n) is 21.3. The minimum absolute atomic E-state index is 0.000541. The molecule has 2 amide bonds. The molecule has 2 atom stereocenters. The number of likely N-dealkylation sites (tertiary alicyclic amines) is 1. The number of hydrogen-bond acceptors (Lipinski definition) is 6. The lowest BCUT2D eigenvalue weighted by Gasteiger charge is -2.29. The Kier molecular flexibility index (Phi) is 8.42. The highest BCUT2D eigenvalue weighted by atomic mass is 32.2. The van der Waals surface area contributed by atoms with Gasteiger partial charge in [0.15, 0.2) is 0 Å². The molecule has 0 spiro atoms. The molecule has 2 heterocycles. The quantitative estimate of drug-likeness (QED) is 0.577. The second kappa shape index (κ2) is 11.0. The molecule has 2 aromatic rings. The minimum Gasteiger partial charge on any atom is -0.331 e. The van der Waals surface area contributed by atoms with Crippen molar-refractivity contribution in [2.45, 2.75) is 37.1 Å². The normalized spacial score (nSPS) is 22.6. The van der Waals surface area contributed by atoms with Crippen LogP contribution in [0.25, 0.3) is 0 Å². The van der Waals surface area contributed by atoms with Gasteiger partial charge in [-0.25, -0.2) is 9.18 Å². The van der Waals surface area contributed by atoms with E-state index in [1.165, 1.54) is 12.1 Å². The van der Waals surface area contributed by atoms with Crippen LogP contribution in [0.2, 0.25) is 0 Å². The molecular formula is C25H32FN5O5S. The highest BCUT2D eigenvalue weighted by molar-refractivity contribution is 7.85. The van der Waals surface area contributed by atoms with E-state index >= 15 is 0 Å². The van der Waals surface area contributed by atoms with E-state index in [1.807, 2.05) is 17.9 Å². The van der Waals surface area contributed by atoms with Crippen molar-refractivity contribution in [3.8, 4) is 6.07 Å². The molecule has 2 aliphatic rings. The fourth-order valence-electron chi connectivity index (χ4n) is 5.03. The molecule has 1 aromatic heterocycles. The van der Waals surface area contributed by atoms with E-state index in [1.54, 1.807) is 31.1 Å². The van der Waals surface area contributed by atoms with Gasteiger partial charge in [0.2, 0.25) is 5.91 Å². The lowest BCUT2D eigenvalue weighted by Crippen LogP contribution is -2.46. The summed E-state index contributed by atoms with van der Waals surface area (Å²) in [5.41, 5.74) is 0.759. The van der Waals surface area contributed by atoms with Crippen LogP contribution in [0, 0.1) is 35.9 Å². The third kappa shape index (κ3) is 6.94. The smallest absolute Gasteiger partial charge is 0.319 e. The molecule has 1 saturated carbocycles. The summed E-state index contributed by atoms with van der Waals surface area (Å²) < 4.78 is 43.9. The van der Waals surface area contributed by atoms with Gasteiger partial charge < -0.3 is 15.1 Å². The predicted octanol–water partition coefficient (Wildman–Crippen LogP) is 2.75. The summed E-state index contributed by atoms with van der Waals surface area (Å²) in [4.78, 5) is 27.8. The summed E-state index contributed by atoms with van der Waals surface area (Å²) in [5, 5.41) is 12.3. The largest absolute Gasteiger partial charge is 0.331 e. The number of carbonyl (C=O) groups excluding carboxylic acids is 2. The van der Waals surface area contributed by atoms with Crippen LogP contribution in [0.4, 0.5) is 9.18 Å².